The maximum absolute atomic E-state index is 12.0. The van der Waals surface area contributed by atoms with E-state index < -0.39 is 21.9 Å². The van der Waals surface area contributed by atoms with Gasteiger partial charge in [0, 0.05) is 12.1 Å². The number of amides is 1. The molecule has 0 heterocycles. The number of anilines is 1. The molecular weight excluding hydrogens is 328 g/mol. The minimum absolute atomic E-state index is 0.0396. The highest BCUT2D eigenvalue weighted by atomic mass is 32.2. The van der Waals surface area contributed by atoms with Crippen LogP contribution in [0.3, 0.4) is 0 Å². The third kappa shape index (κ3) is 5.66. The summed E-state index contributed by atoms with van der Waals surface area (Å²) in [4.78, 5) is 22.5. The highest BCUT2D eigenvalue weighted by Gasteiger charge is 2.18. The molecule has 0 aromatic heterocycles. The monoisotopic (exact) mass is 346 g/mol. The summed E-state index contributed by atoms with van der Waals surface area (Å²) < 4.78 is 35.3. The van der Waals surface area contributed by atoms with Gasteiger partial charge in [-0.2, -0.15) is 0 Å². The third-order valence-corrected chi connectivity index (χ3v) is 3.25. The molecule has 0 saturated carbocycles. The maximum atomic E-state index is 12.0. The van der Waals surface area contributed by atoms with Gasteiger partial charge in [-0.1, -0.05) is 0 Å². The summed E-state index contributed by atoms with van der Waals surface area (Å²) in [5, 5.41) is 11.0. The first-order chi connectivity index (χ1) is 10.7. The Bertz CT molecular complexity index is 701. The van der Waals surface area contributed by atoms with E-state index in [2.05, 4.69) is 10.0 Å². The molecule has 1 rings (SSSR count). The number of benzene rings is 1. The van der Waals surface area contributed by atoms with Crippen molar-refractivity contribution in [2.45, 2.75) is 6.42 Å². The van der Waals surface area contributed by atoms with Crippen molar-refractivity contribution in [1.82, 2.24) is 5.32 Å². The standard InChI is InChI=1S/C13H18N2O7S/c1-21-10-7-8(13(18)14-5-4-11(16)17)6-9(12(10)22-2)15-23(3,19)20/h6-7,15H,4-5H2,1-3H3,(H,14,18)(H,16,17). The molecule has 0 bridgehead atoms. The highest BCUT2D eigenvalue weighted by Crippen LogP contribution is 2.37. The molecule has 0 spiro atoms. The summed E-state index contributed by atoms with van der Waals surface area (Å²) in [5.41, 5.74) is 0.136. The summed E-state index contributed by atoms with van der Waals surface area (Å²) >= 11 is 0. The first-order valence-electron chi connectivity index (χ1n) is 6.41. The molecule has 9 nitrogen and oxygen atoms in total. The average molecular weight is 346 g/mol. The van der Waals surface area contributed by atoms with Crippen LogP contribution < -0.4 is 19.5 Å². The summed E-state index contributed by atoms with van der Waals surface area (Å²) in [7, 11) is -0.928. The zero-order valence-electron chi connectivity index (χ0n) is 12.9. The van der Waals surface area contributed by atoms with Gasteiger partial charge in [-0.3, -0.25) is 14.3 Å². The Hall–Kier alpha value is -2.49. The van der Waals surface area contributed by atoms with Gasteiger partial charge >= 0.3 is 5.97 Å². The van der Waals surface area contributed by atoms with Gasteiger partial charge in [0.25, 0.3) is 5.91 Å². The molecule has 128 valence electrons. The van der Waals surface area contributed by atoms with Gasteiger partial charge in [-0.05, 0) is 12.1 Å². The summed E-state index contributed by atoms with van der Waals surface area (Å²) in [6.07, 6.45) is 0.728. The molecule has 0 aliphatic heterocycles. The lowest BCUT2D eigenvalue weighted by Gasteiger charge is -2.15. The second-order valence-corrected chi connectivity index (χ2v) is 6.28. The number of nitrogens with one attached hydrogen (secondary N) is 2. The van der Waals surface area contributed by atoms with E-state index in [0.717, 1.165) is 6.26 Å². The number of hydrogen-bond acceptors (Lipinski definition) is 6. The van der Waals surface area contributed by atoms with Crippen molar-refractivity contribution in [1.29, 1.82) is 0 Å². The van der Waals surface area contributed by atoms with E-state index in [1.807, 2.05) is 0 Å². The Morgan fingerprint density at radius 3 is 2.35 bits per heavy atom. The molecule has 0 unspecified atom stereocenters. The van der Waals surface area contributed by atoms with Gasteiger partial charge in [0.05, 0.1) is 32.6 Å². The normalized spacial score (nSPS) is 10.7. The molecule has 0 fully saturated rings. The Morgan fingerprint density at radius 1 is 1.22 bits per heavy atom. The second-order valence-electron chi connectivity index (χ2n) is 4.53. The van der Waals surface area contributed by atoms with Gasteiger partial charge in [0.15, 0.2) is 11.5 Å². The largest absolute Gasteiger partial charge is 0.493 e. The number of ether oxygens (including phenoxy) is 2. The van der Waals surface area contributed by atoms with Crippen molar-refractivity contribution in [3.8, 4) is 11.5 Å². The average Bonchev–Trinajstić information content (AvgIpc) is 2.44. The number of sulfonamides is 1. The van der Waals surface area contributed by atoms with Gasteiger partial charge in [-0.15, -0.1) is 0 Å². The Balaban J connectivity index is 3.15. The number of hydrogen-bond donors (Lipinski definition) is 3. The predicted octanol–water partition coefficient (Wildman–Crippen LogP) is 0.280. The van der Waals surface area contributed by atoms with Crippen LogP contribution in [0.5, 0.6) is 11.5 Å². The number of rotatable bonds is 8. The van der Waals surface area contributed by atoms with E-state index in [4.69, 9.17) is 14.6 Å². The van der Waals surface area contributed by atoms with Crippen LogP contribution in [0.4, 0.5) is 5.69 Å². The Morgan fingerprint density at radius 2 is 1.87 bits per heavy atom. The second kappa shape index (κ2) is 7.68. The lowest BCUT2D eigenvalue weighted by molar-refractivity contribution is -0.136. The van der Waals surface area contributed by atoms with Crippen LogP contribution in [-0.4, -0.2) is 52.4 Å². The molecule has 0 saturated heterocycles. The van der Waals surface area contributed by atoms with Crippen molar-refractivity contribution in [3.63, 3.8) is 0 Å². The van der Waals surface area contributed by atoms with Crippen LogP contribution >= 0.6 is 0 Å². The van der Waals surface area contributed by atoms with E-state index >= 15 is 0 Å². The van der Waals surface area contributed by atoms with Crippen molar-refractivity contribution >= 4 is 27.6 Å². The van der Waals surface area contributed by atoms with E-state index in [1.165, 1.54) is 26.4 Å². The molecule has 10 heteroatoms. The quantitative estimate of drug-likeness (QED) is 0.616. The Labute approximate surface area is 133 Å². The van der Waals surface area contributed by atoms with Gasteiger partial charge in [0.2, 0.25) is 10.0 Å². The molecule has 1 aromatic carbocycles. The number of carboxylic acids is 1. The SMILES string of the molecule is COc1cc(C(=O)NCCC(=O)O)cc(NS(C)(=O)=O)c1OC. The molecule has 1 amide bonds. The number of carboxylic acid groups (broad SMARTS) is 1. The molecule has 0 aliphatic carbocycles. The molecule has 0 atom stereocenters. The number of aliphatic carboxylic acids is 1. The van der Waals surface area contributed by atoms with E-state index in [1.54, 1.807) is 0 Å². The minimum atomic E-state index is -3.60. The number of carbonyl (C=O) groups excluding carboxylic acids is 1. The summed E-state index contributed by atoms with van der Waals surface area (Å²) in [6, 6.07) is 2.64. The highest BCUT2D eigenvalue weighted by molar-refractivity contribution is 7.92. The number of carbonyl (C=O) groups is 2. The molecule has 3 N–H and O–H groups in total. The van der Waals surface area contributed by atoms with Crippen LogP contribution in [0.15, 0.2) is 12.1 Å². The van der Waals surface area contributed by atoms with E-state index in [9.17, 15) is 18.0 Å². The molecule has 23 heavy (non-hydrogen) atoms. The first-order valence-corrected chi connectivity index (χ1v) is 8.31. The first kappa shape index (κ1) is 18.6. The smallest absolute Gasteiger partial charge is 0.305 e. The minimum Gasteiger partial charge on any atom is -0.493 e. The molecular formula is C13H18N2O7S. The summed E-state index contributed by atoms with van der Waals surface area (Å²) in [6.45, 7) is -0.0582. The molecule has 0 aliphatic rings. The zero-order chi connectivity index (χ0) is 17.6. The van der Waals surface area contributed by atoms with Crippen LogP contribution in [-0.2, 0) is 14.8 Å². The fourth-order valence-corrected chi connectivity index (χ4v) is 2.31. The lowest BCUT2D eigenvalue weighted by Crippen LogP contribution is -2.26. The van der Waals surface area contributed by atoms with Crippen molar-refractivity contribution in [3.05, 3.63) is 17.7 Å². The Kier molecular flexibility index (Phi) is 6.19. The van der Waals surface area contributed by atoms with Gasteiger partial charge in [0.1, 0.15) is 0 Å². The van der Waals surface area contributed by atoms with E-state index in [-0.39, 0.29) is 35.7 Å². The fraction of sp³-hybridized carbons (Fsp3) is 0.385. The lowest BCUT2D eigenvalue weighted by atomic mass is 10.1. The summed E-state index contributed by atoms with van der Waals surface area (Å²) in [5.74, 6) is -1.33. The van der Waals surface area contributed by atoms with Crippen molar-refractivity contribution in [2.75, 3.05) is 31.7 Å². The van der Waals surface area contributed by atoms with Crippen LogP contribution in [0, 0.1) is 0 Å². The fourth-order valence-electron chi connectivity index (χ4n) is 1.76. The van der Waals surface area contributed by atoms with Crippen molar-refractivity contribution in [2.24, 2.45) is 0 Å². The predicted molar refractivity (Wildman–Crippen MR) is 82.6 cm³/mol. The van der Waals surface area contributed by atoms with Gasteiger partial charge < -0.3 is 19.9 Å². The van der Waals surface area contributed by atoms with Crippen molar-refractivity contribution < 1.29 is 32.6 Å². The topological polar surface area (TPSA) is 131 Å². The number of methoxy groups -OCH3 is 2. The third-order valence-electron chi connectivity index (χ3n) is 2.66. The zero-order valence-corrected chi connectivity index (χ0v) is 13.7. The van der Waals surface area contributed by atoms with Crippen LogP contribution in [0.1, 0.15) is 16.8 Å². The van der Waals surface area contributed by atoms with Gasteiger partial charge in [-0.25, -0.2) is 8.42 Å². The van der Waals surface area contributed by atoms with Crippen LogP contribution in [0.25, 0.3) is 0 Å². The molecule has 0 radical (unpaired) electrons. The van der Waals surface area contributed by atoms with Crippen LogP contribution in [0.2, 0.25) is 0 Å². The molecule has 1 aromatic rings. The maximum Gasteiger partial charge on any atom is 0.305 e. The van der Waals surface area contributed by atoms with E-state index in [0.29, 0.717) is 0 Å².